The molecule has 0 spiro atoms. The highest BCUT2D eigenvalue weighted by molar-refractivity contribution is 8.00. The van der Waals surface area contributed by atoms with E-state index in [2.05, 4.69) is 20.4 Å². The molecule has 0 saturated heterocycles. The van der Waals surface area contributed by atoms with Crippen LogP contribution in [0.1, 0.15) is 6.92 Å². The van der Waals surface area contributed by atoms with E-state index >= 15 is 0 Å². The lowest BCUT2D eigenvalue weighted by Gasteiger charge is -2.09. The van der Waals surface area contributed by atoms with Crippen molar-refractivity contribution in [1.82, 2.24) is 19.6 Å². The molecule has 4 rings (SSSR count). The summed E-state index contributed by atoms with van der Waals surface area (Å²) in [6, 6.07) is 13.3. The first-order valence-electron chi connectivity index (χ1n) is 8.33. The van der Waals surface area contributed by atoms with Crippen molar-refractivity contribution in [2.24, 2.45) is 0 Å². The maximum atomic E-state index is 12.4. The van der Waals surface area contributed by atoms with Gasteiger partial charge >= 0.3 is 0 Å². The van der Waals surface area contributed by atoms with Gasteiger partial charge in [0.2, 0.25) is 11.1 Å². The Bertz CT molecular complexity index is 1190. The van der Waals surface area contributed by atoms with E-state index in [4.69, 9.17) is 0 Å². The summed E-state index contributed by atoms with van der Waals surface area (Å²) in [5.74, 6) is -0.249. The average molecular weight is 394 g/mol. The number of amides is 1. The number of anilines is 1. The number of nitro benzene ring substituents is 1. The molecule has 140 valence electrons. The Morgan fingerprint density at radius 3 is 2.71 bits per heavy atom. The van der Waals surface area contributed by atoms with Gasteiger partial charge in [0, 0.05) is 23.2 Å². The lowest BCUT2D eigenvalue weighted by atomic mass is 10.2. The second-order valence-electron chi connectivity index (χ2n) is 5.98. The van der Waals surface area contributed by atoms with Crippen molar-refractivity contribution in [3.05, 3.63) is 65.0 Å². The van der Waals surface area contributed by atoms with Crippen LogP contribution in [0.3, 0.4) is 0 Å². The zero-order chi connectivity index (χ0) is 19.7. The van der Waals surface area contributed by atoms with Crippen LogP contribution < -0.4 is 5.32 Å². The largest absolute Gasteiger partial charge is 0.325 e. The van der Waals surface area contributed by atoms with Crippen molar-refractivity contribution in [1.29, 1.82) is 0 Å². The summed E-state index contributed by atoms with van der Waals surface area (Å²) < 4.78 is 1.59. The molecule has 0 aliphatic heterocycles. The summed E-state index contributed by atoms with van der Waals surface area (Å²) in [6.07, 6.45) is 1.59. The molecule has 2 aromatic carbocycles. The van der Waals surface area contributed by atoms with Crippen molar-refractivity contribution in [2.45, 2.75) is 17.3 Å². The van der Waals surface area contributed by atoms with E-state index in [0.29, 0.717) is 16.5 Å². The van der Waals surface area contributed by atoms with E-state index < -0.39 is 10.2 Å². The van der Waals surface area contributed by atoms with Gasteiger partial charge in [-0.15, -0.1) is 5.10 Å². The molecule has 1 amide bonds. The van der Waals surface area contributed by atoms with Gasteiger partial charge in [-0.2, -0.15) is 0 Å². The number of carbonyl (C=O) groups excluding carboxylic acids is 1. The fraction of sp³-hybridized carbons (Fsp3) is 0.111. The Balaban J connectivity index is 1.49. The molecule has 9 nitrogen and oxygen atoms in total. The van der Waals surface area contributed by atoms with Crippen molar-refractivity contribution < 1.29 is 9.72 Å². The van der Waals surface area contributed by atoms with Gasteiger partial charge in [-0.3, -0.25) is 14.9 Å². The molecule has 0 saturated carbocycles. The van der Waals surface area contributed by atoms with Gasteiger partial charge in [-0.1, -0.05) is 23.9 Å². The molecule has 0 aliphatic carbocycles. The number of fused-ring (bicyclic) bond motifs is 3. The maximum Gasteiger partial charge on any atom is 0.269 e. The molecule has 4 aromatic rings. The summed E-state index contributed by atoms with van der Waals surface area (Å²) in [7, 11) is 0. The summed E-state index contributed by atoms with van der Waals surface area (Å²) in [5, 5.41) is 18.7. The maximum absolute atomic E-state index is 12.4. The number of carbonyl (C=O) groups is 1. The molecule has 2 aromatic heterocycles. The Morgan fingerprint density at radius 1 is 1.21 bits per heavy atom. The second-order valence-corrected chi connectivity index (χ2v) is 7.29. The first-order chi connectivity index (χ1) is 13.5. The number of para-hydroxylation sites is 1. The number of aromatic nitrogens is 4. The van der Waals surface area contributed by atoms with Crippen LogP contribution in [0.25, 0.3) is 16.6 Å². The van der Waals surface area contributed by atoms with Gasteiger partial charge < -0.3 is 5.32 Å². The minimum Gasteiger partial charge on any atom is -0.325 e. The van der Waals surface area contributed by atoms with E-state index in [1.165, 1.54) is 36.0 Å². The van der Waals surface area contributed by atoms with Crippen LogP contribution in [0.4, 0.5) is 11.4 Å². The molecule has 1 N–H and O–H groups in total. The Labute approximate surface area is 162 Å². The average Bonchev–Trinajstić information content (AvgIpc) is 3.11. The van der Waals surface area contributed by atoms with Crippen LogP contribution in [0.5, 0.6) is 0 Å². The fourth-order valence-corrected chi connectivity index (χ4v) is 3.39. The number of hydrogen-bond acceptors (Lipinski definition) is 7. The minimum absolute atomic E-state index is 0.0323. The van der Waals surface area contributed by atoms with Crippen LogP contribution in [-0.4, -0.2) is 35.7 Å². The van der Waals surface area contributed by atoms with E-state index in [-0.39, 0.29) is 11.6 Å². The summed E-state index contributed by atoms with van der Waals surface area (Å²) in [5.41, 5.74) is 1.95. The van der Waals surface area contributed by atoms with E-state index in [9.17, 15) is 14.9 Å². The Hall–Kier alpha value is -3.53. The second kappa shape index (κ2) is 7.24. The van der Waals surface area contributed by atoms with Gasteiger partial charge in [-0.05, 0) is 31.2 Å². The molecular weight excluding hydrogens is 380 g/mol. The zero-order valence-corrected chi connectivity index (χ0v) is 15.5. The molecule has 10 heteroatoms. The number of nitrogens with zero attached hydrogens (tertiary/aromatic N) is 5. The Kier molecular flexibility index (Phi) is 4.62. The highest BCUT2D eigenvalue weighted by atomic mass is 32.2. The van der Waals surface area contributed by atoms with Crippen molar-refractivity contribution >= 4 is 45.6 Å². The predicted octanol–water partition coefficient (Wildman–Crippen LogP) is 3.31. The van der Waals surface area contributed by atoms with Crippen LogP contribution in [-0.2, 0) is 4.79 Å². The number of thioether (sulfide) groups is 1. The molecule has 0 fully saturated rings. The van der Waals surface area contributed by atoms with Gasteiger partial charge in [0.15, 0.2) is 5.65 Å². The summed E-state index contributed by atoms with van der Waals surface area (Å²) in [4.78, 5) is 31.5. The molecule has 0 unspecified atom stereocenters. The topological polar surface area (TPSA) is 115 Å². The number of non-ortho nitro benzene ring substituents is 1. The summed E-state index contributed by atoms with van der Waals surface area (Å²) >= 11 is 1.22. The third-order valence-corrected chi connectivity index (χ3v) is 5.01. The smallest absolute Gasteiger partial charge is 0.269 e. The lowest BCUT2D eigenvalue weighted by Crippen LogP contribution is -2.22. The van der Waals surface area contributed by atoms with Crippen molar-refractivity contribution in [3.8, 4) is 0 Å². The monoisotopic (exact) mass is 394 g/mol. The van der Waals surface area contributed by atoms with Gasteiger partial charge in [-0.25, -0.2) is 14.5 Å². The standard InChI is InChI=1S/C18H14N6O3S/c1-11(17(25)20-12-6-8-13(9-7-12)24(26)27)28-18-21-16-14-4-2-3-5-15(14)19-10-23(16)22-18/h2-11H,1H3,(H,20,25)/t11-/m1/s1. The van der Waals surface area contributed by atoms with Gasteiger partial charge in [0.1, 0.15) is 6.33 Å². The van der Waals surface area contributed by atoms with Gasteiger partial charge in [0.25, 0.3) is 5.69 Å². The van der Waals surface area contributed by atoms with Crippen molar-refractivity contribution in [3.63, 3.8) is 0 Å². The molecule has 0 aliphatic rings. The van der Waals surface area contributed by atoms with Gasteiger partial charge in [0.05, 0.1) is 15.7 Å². The molecule has 1 atom stereocenters. The number of nitrogens with one attached hydrogen (secondary N) is 1. The molecule has 28 heavy (non-hydrogen) atoms. The summed E-state index contributed by atoms with van der Waals surface area (Å²) in [6.45, 7) is 1.74. The number of rotatable bonds is 5. The van der Waals surface area contributed by atoms with E-state index in [0.717, 1.165) is 10.9 Å². The normalized spacial score (nSPS) is 12.2. The highest BCUT2D eigenvalue weighted by Gasteiger charge is 2.18. The lowest BCUT2D eigenvalue weighted by molar-refractivity contribution is -0.384. The third-order valence-electron chi connectivity index (χ3n) is 4.06. The molecule has 0 radical (unpaired) electrons. The van der Waals surface area contributed by atoms with Crippen molar-refractivity contribution in [2.75, 3.05) is 5.32 Å². The van der Waals surface area contributed by atoms with E-state index in [1.54, 1.807) is 17.8 Å². The fourth-order valence-electron chi connectivity index (χ4n) is 2.63. The number of nitro groups is 1. The molecule has 2 heterocycles. The third kappa shape index (κ3) is 3.49. The SMILES string of the molecule is C[C@@H](Sc1nc2c3ccccc3ncn2n1)C(=O)Nc1ccc([N+](=O)[O-])cc1. The molecular formula is C18H14N6O3S. The van der Waals surface area contributed by atoms with Crippen LogP contribution in [0.15, 0.2) is 60.0 Å². The van der Waals surface area contributed by atoms with E-state index in [1.807, 2.05) is 24.3 Å². The quantitative estimate of drug-likeness (QED) is 0.314. The predicted molar refractivity (Wildman–Crippen MR) is 105 cm³/mol. The van der Waals surface area contributed by atoms with Crippen LogP contribution in [0.2, 0.25) is 0 Å². The highest BCUT2D eigenvalue weighted by Crippen LogP contribution is 2.24. The number of benzene rings is 2. The minimum atomic E-state index is -0.488. The molecule has 0 bridgehead atoms. The van der Waals surface area contributed by atoms with Crippen LogP contribution >= 0.6 is 11.8 Å². The zero-order valence-electron chi connectivity index (χ0n) is 14.6. The first-order valence-corrected chi connectivity index (χ1v) is 9.21. The first kappa shape index (κ1) is 17.9. The number of hydrogen-bond donors (Lipinski definition) is 1. The van der Waals surface area contributed by atoms with Crippen LogP contribution in [0, 0.1) is 10.1 Å². The Morgan fingerprint density at radius 2 is 1.96 bits per heavy atom.